The maximum atomic E-state index is 7.63. The highest BCUT2D eigenvalue weighted by atomic mass is 14.6. The normalized spacial score (nSPS) is 13.2. The van der Waals surface area contributed by atoms with Crippen LogP contribution >= 0.6 is 0 Å². The van der Waals surface area contributed by atoms with Crippen molar-refractivity contribution in [1.29, 1.82) is 5.41 Å². The first kappa shape index (κ1) is 6.93. The molecule has 0 atom stereocenters. The van der Waals surface area contributed by atoms with Gasteiger partial charge in [0.2, 0.25) is 0 Å². The Hall–Kier alpha value is -1.75. The number of benzene rings is 1. The molecular weight excluding hydrogens is 148 g/mol. The van der Waals surface area contributed by atoms with Crippen molar-refractivity contribution < 1.29 is 0 Å². The fourth-order valence-electron chi connectivity index (χ4n) is 1.33. The van der Waals surface area contributed by atoms with Crippen molar-refractivity contribution in [3.63, 3.8) is 0 Å². The van der Waals surface area contributed by atoms with E-state index in [0.717, 1.165) is 11.1 Å². The number of nitrogen functional groups attached to an aromatic ring is 1. The Bertz CT molecular complexity index is 408. The van der Waals surface area contributed by atoms with Crippen LogP contribution in [0.15, 0.2) is 18.2 Å². The zero-order valence-corrected chi connectivity index (χ0v) is 6.52. The summed E-state index contributed by atoms with van der Waals surface area (Å²) in [7, 11) is 0. The van der Waals surface area contributed by atoms with Crippen molar-refractivity contribution in [1.82, 2.24) is 0 Å². The Morgan fingerprint density at radius 2 is 2.25 bits per heavy atom. The summed E-state index contributed by atoms with van der Waals surface area (Å²) in [5, 5.41) is 7.63. The van der Waals surface area contributed by atoms with E-state index in [1.165, 1.54) is 0 Å². The first-order valence-electron chi connectivity index (χ1n) is 3.74. The van der Waals surface area contributed by atoms with Crippen LogP contribution in [0, 0.1) is 17.3 Å². The molecule has 0 unspecified atom stereocenters. The molecule has 0 heterocycles. The molecule has 0 bridgehead atoms. The molecule has 12 heavy (non-hydrogen) atoms. The van der Waals surface area contributed by atoms with E-state index in [1.807, 2.05) is 12.1 Å². The summed E-state index contributed by atoms with van der Waals surface area (Å²) in [4.78, 5) is 0. The quantitative estimate of drug-likeness (QED) is 0.433. The molecule has 1 aliphatic carbocycles. The molecule has 2 nitrogen and oxygen atoms in total. The van der Waals surface area contributed by atoms with Crippen LogP contribution in [0.5, 0.6) is 0 Å². The van der Waals surface area contributed by atoms with Crippen molar-refractivity contribution in [3.8, 4) is 11.8 Å². The van der Waals surface area contributed by atoms with Crippen LogP contribution in [0.2, 0.25) is 0 Å². The van der Waals surface area contributed by atoms with Gasteiger partial charge in [-0.15, -0.1) is 0 Å². The first-order valence-corrected chi connectivity index (χ1v) is 3.74. The van der Waals surface area contributed by atoms with Crippen molar-refractivity contribution in [2.24, 2.45) is 0 Å². The van der Waals surface area contributed by atoms with Gasteiger partial charge in [0.1, 0.15) is 0 Å². The first-order chi connectivity index (χ1) is 5.79. The van der Waals surface area contributed by atoms with E-state index in [2.05, 4.69) is 11.8 Å². The van der Waals surface area contributed by atoms with Gasteiger partial charge in [-0.1, -0.05) is 17.9 Å². The number of nitrogens with two attached hydrogens (primary N) is 1. The highest BCUT2D eigenvalue weighted by Gasteiger charge is 2.11. The molecule has 0 saturated heterocycles. The van der Waals surface area contributed by atoms with Crippen molar-refractivity contribution in [3.05, 3.63) is 29.3 Å². The van der Waals surface area contributed by atoms with Crippen LogP contribution in [0.1, 0.15) is 17.5 Å². The second-order valence-corrected chi connectivity index (χ2v) is 2.73. The zero-order chi connectivity index (χ0) is 8.55. The predicted octanol–water partition coefficient (Wildman–Crippen LogP) is 1.39. The van der Waals surface area contributed by atoms with E-state index in [9.17, 15) is 0 Å². The highest BCUT2D eigenvalue weighted by Crippen LogP contribution is 2.20. The van der Waals surface area contributed by atoms with Gasteiger partial charge in [-0.2, -0.15) is 0 Å². The Balaban J connectivity index is 2.75. The van der Waals surface area contributed by atoms with E-state index in [1.54, 1.807) is 6.07 Å². The smallest absolute Gasteiger partial charge is 0.0538 e. The Labute approximate surface area is 70.9 Å². The molecule has 0 spiro atoms. The van der Waals surface area contributed by atoms with Crippen molar-refractivity contribution in [2.45, 2.75) is 6.42 Å². The third-order valence-corrected chi connectivity index (χ3v) is 1.89. The van der Waals surface area contributed by atoms with Crippen LogP contribution in [0.3, 0.4) is 0 Å². The van der Waals surface area contributed by atoms with Gasteiger partial charge >= 0.3 is 0 Å². The predicted molar refractivity (Wildman–Crippen MR) is 49.2 cm³/mol. The van der Waals surface area contributed by atoms with Crippen molar-refractivity contribution >= 4 is 11.4 Å². The number of hydrogen-bond donors (Lipinski definition) is 2. The van der Waals surface area contributed by atoms with Gasteiger partial charge in [0, 0.05) is 16.8 Å². The maximum Gasteiger partial charge on any atom is 0.0538 e. The van der Waals surface area contributed by atoms with E-state index >= 15 is 0 Å². The average molecular weight is 156 g/mol. The molecule has 58 valence electrons. The maximum absolute atomic E-state index is 7.63. The lowest BCUT2D eigenvalue weighted by Gasteiger charge is -2.10. The van der Waals surface area contributed by atoms with Crippen LogP contribution < -0.4 is 5.73 Å². The van der Waals surface area contributed by atoms with Gasteiger partial charge in [0.15, 0.2) is 0 Å². The largest absolute Gasteiger partial charge is 0.398 e. The second-order valence-electron chi connectivity index (χ2n) is 2.73. The van der Waals surface area contributed by atoms with Gasteiger partial charge < -0.3 is 11.1 Å². The lowest BCUT2D eigenvalue weighted by Crippen LogP contribution is -2.08. The van der Waals surface area contributed by atoms with Crippen LogP contribution in [-0.4, -0.2) is 5.71 Å². The molecule has 0 radical (unpaired) electrons. The summed E-state index contributed by atoms with van der Waals surface area (Å²) >= 11 is 0. The number of anilines is 1. The Morgan fingerprint density at radius 3 is 3.00 bits per heavy atom. The zero-order valence-electron chi connectivity index (χ0n) is 6.52. The van der Waals surface area contributed by atoms with E-state index in [4.69, 9.17) is 11.1 Å². The van der Waals surface area contributed by atoms with E-state index in [0.29, 0.717) is 17.8 Å². The second kappa shape index (κ2) is 2.38. The van der Waals surface area contributed by atoms with Gasteiger partial charge in [-0.05, 0) is 12.1 Å². The molecule has 2 heteroatoms. The lowest BCUT2D eigenvalue weighted by molar-refractivity contribution is 1.36. The molecule has 2 rings (SSSR count). The highest BCUT2D eigenvalue weighted by molar-refractivity contribution is 6.07. The van der Waals surface area contributed by atoms with Crippen LogP contribution in [-0.2, 0) is 0 Å². The molecule has 1 aromatic carbocycles. The summed E-state index contributed by atoms with van der Waals surface area (Å²) < 4.78 is 0. The third-order valence-electron chi connectivity index (χ3n) is 1.89. The lowest BCUT2D eigenvalue weighted by atomic mass is 9.96. The fraction of sp³-hybridized carbons (Fsp3) is 0.100. The summed E-state index contributed by atoms with van der Waals surface area (Å²) in [5.41, 5.74) is 8.61. The molecule has 0 saturated carbocycles. The molecule has 1 aromatic rings. The van der Waals surface area contributed by atoms with Gasteiger partial charge in [-0.25, -0.2) is 0 Å². The fourth-order valence-corrected chi connectivity index (χ4v) is 1.33. The van der Waals surface area contributed by atoms with Gasteiger partial charge in [0.25, 0.3) is 0 Å². The van der Waals surface area contributed by atoms with E-state index < -0.39 is 0 Å². The Morgan fingerprint density at radius 1 is 1.42 bits per heavy atom. The molecule has 1 aliphatic rings. The average Bonchev–Trinajstić information content (AvgIpc) is 2.04. The summed E-state index contributed by atoms with van der Waals surface area (Å²) in [6.07, 6.45) is 0.515. The minimum Gasteiger partial charge on any atom is -0.398 e. The molecule has 0 amide bonds. The number of rotatable bonds is 0. The third kappa shape index (κ3) is 0.876. The molecular formula is C10H8N2. The Kier molecular flexibility index (Phi) is 1.38. The standard InChI is InChI=1S/C10H8N2/c11-8-5-1-3-7-4-2-6-9(12)10(7)8/h1,3,5,12H,6,11H2. The number of fused-ring (bicyclic) bond motifs is 1. The molecule has 0 aliphatic heterocycles. The SMILES string of the molecule is N=C1CC#Cc2cccc(N)c21. The van der Waals surface area contributed by atoms with Crippen LogP contribution in [0.4, 0.5) is 5.69 Å². The number of hydrogen-bond acceptors (Lipinski definition) is 2. The van der Waals surface area contributed by atoms with Crippen LogP contribution in [0.25, 0.3) is 0 Å². The summed E-state index contributed by atoms with van der Waals surface area (Å²) in [6.45, 7) is 0. The van der Waals surface area contributed by atoms with Crippen molar-refractivity contribution in [2.75, 3.05) is 5.73 Å². The number of nitrogens with one attached hydrogen (secondary N) is 1. The molecule has 0 aromatic heterocycles. The van der Waals surface area contributed by atoms with E-state index in [-0.39, 0.29) is 0 Å². The van der Waals surface area contributed by atoms with Gasteiger partial charge in [0.05, 0.1) is 12.1 Å². The molecule has 0 fully saturated rings. The topological polar surface area (TPSA) is 49.9 Å². The minimum atomic E-state index is 0.515. The summed E-state index contributed by atoms with van der Waals surface area (Å²) in [6, 6.07) is 5.56. The summed E-state index contributed by atoms with van der Waals surface area (Å²) in [5.74, 6) is 5.85. The minimum absolute atomic E-state index is 0.515. The van der Waals surface area contributed by atoms with Gasteiger partial charge in [-0.3, -0.25) is 0 Å². The monoisotopic (exact) mass is 156 g/mol. The molecule has 3 N–H and O–H groups in total.